The lowest BCUT2D eigenvalue weighted by Gasteiger charge is -2.05. The van der Waals surface area contributed by atoms with Crippen LogP contribution in [0.4, 0.5) is 0 Å². The highest BCUT2D eigenvalue weighted by molar-refractivity contribution is 5.74. The quantitative estimate of drug-likeness (QED) is 0.640. The molecule has 0 aliphatic rings. The Labute approximate surface area is 95.5 Å². The molecular formula is C12H18N4. The fourth-order valence-corrected chi connectivity index (χ4v) is 1.68. The van der Waals surface area contributed by atoms with E-state index in [1.807, 2.05) is 6.07 Å². The number of nitrogens with one attached hydrogen (secondary N) is 3. The number of benzene rings is 1. The number of aromatic amines is 1. The number of imidazole rings is 1. The van der Waals surface area contributed by atoms with Crippen molar-refractivity contribution in [3.05, 3.63) is 30.1 Å². The van der Waals surface area contributed by atoms with E-state index in [2.05, 4.69) is 39.7 Å². The first-order valence-electron chi connectivity index (χ1n) is 5.73. The average molecular weight is 218 g/mol. The summed E-state index contributed by atoms with van der Waals surface area (Å²) in [5.41, 5.74) is 3.41. The van der Waals surface area contributed by atoms with Crippen molar-refractivity contribution in [1.82, 2.24) is 20.6 Å². The molecule has 2 aromatic rings. The second-order valence-corrected chi connectivity index (χ2v) is 3.78. The molecule has 1 aromatic carbocycles. The molecule has 0 spiro atoms. The first-order valence-corrected chi connectivity index (χ1v) is 5.73. The number of aromatic nitrogens is 2. The third kappa shape index (κ3) is 2.81. The van der Waals surface area contributed by atoms with Crippen molar-refractivity contribution >= 4 is 11.0 Å². The Morgan fingerprint density at radius 1 is 1.25 bits per heavy atom. The van der Waals surface area contributed by atoms with Crippen LogP contribution in [-0.2, 0) is 6.54 Å². The van der Waals surface area contributed by atoms with Gasteiger partial charge in [-0.2, -0.15) is 0 Å². The van der Waals surface area contributed by atoms with Crippen LogP contribution < -0.4 is 10.6 Å². The van der Waals surface area contributed by atoms with Gasteiger partial charge in [-0.05, 0) is 24.2 Å². The summed E-state index contributed by atoms with van der Waals surface area (Å²) in [6, 6.07) is 6.30. The van der Waals surface area contributed by atoms with E-state index in [0.717, 1.165) is 37.2 Å². The summed E-state index contributed by atoms with van der Waals surface area (Å²) in [7, 11) is 0. The molecule has 0 unspecified atom stereocenters. The van der Waals surface area contributed by atoms with Crippen molar-refractivity contribution in [2.75, 3.05) is 19.6 Å². The lowest BCUT2D eigenvalue weighted by Crippen LogP contribution is -2.26. The topological polar surface area (TPSA) is 52.7 Å². The van der Waals surface area contributed by atoms with E-state index in [1.165, 1.54) is 5.56 Å². The van der Waals surface area contributed by atoms with Crippen LogP contribution in [0.5, 0.6) is 0 Å². The zero-order valence-corrected chi connectivity index (χ0v) is 9.59. The fourth-order valence-electron chi connectivity index (χ4n) is 1.68. The molecule has 3 N–H and O–H groups in total. The molecule has 0 aliphatic carbocycles. The van der Waals surface area contributed by atoms with E-state index >= 15 is 0 Å². The van der Waals surface area contributed by atoms with Gasteiger partial charge in [-0.15, -0.1) is 0 Å². The Bertz CT molecular complexity index is 435. The number of fused-ring (bicyclic) bond motifs is 1. The summed E-state index contributed by atoms with van der Waals surface area (Å²) in [6.45, 7) is 6.06. The SMILES string of the molecule is CCNCCNCc1ccc2nc[nH]c2c1. The second-order valence-electron chi connectivity index (χ2n) is 3.78. The van der Waals surface area contributed by atoms with Crippen LogP contribution in [0.1, 0.15) is 12.5 Å². The molecule has 4 nitrogen and oxygen atoms in total. The maximum atomic E-state index is 4.19. The van der Waals surface area contributed by atoms with Gasteiger partial charge in [0.15, 0.2) is 0 Å². The number of nitrogens with zero attached hydrogens (tertiary/aromatic N) is 1. The van der Waals surface area contributed by atoms with Crippen LogP contribution in [0.25, 0.3) is 11.0 Å². The summed E-state index contributed by atoms with van der Waals surface area (Å²) >= 11 is 0. The number of rotatable bonds is 6. The van der Waals surface area contributed by atoms with E-state index in [0.29, 0.717) is 0 Å². The molecule has 0 radical (unpaired) electrons. The lowest BCUT2D eigenvalue weighted by atomic mass is 10.2. The molecule has 4 heteroatoms. The predicted octanol–water partition coefficient (Wildman–Crippen LogP) is 1.26. The van der Waals surface area contributed by atoms with Crippen LogP contribution in [0, 0.1) is 0 Å². The van der Waals surface area contributed by atoms with Crippen molar-refractivity contribution < 1.29 is 0 Å². The Morgan fingerprint density at radius 2 is 2.12 bits per heavy atom. The minimum atomic E-state index is 0.903. The van der Waals surface area contributed by atoms with Gasteiger partial charge >= 0.3 is 0 Å². The molecule has 0 saturated carbocycles. The Balaban J connectivity index is 1.84. The van der Waals surface area contributed by atoms with E-state index in [-0.39, 0.29) is 0 Å². The number of H-pyrrole nitrogens is 1. The van der Waals surface area contributed by atoms with Crippen LogP contribution in [-0.4, -0.2) is 29.6 Å². The van der Waals surface area contributed by atoms with Crippen LogP contribution in [0.3, 0.4) is 0 Å². The molecule has 16 heavy (non-hydrogen) atoms. The number of hydrogen-bond donors (Lipinski definition) is 3. The van der Waals surface area contributed by atoms with Gasteiger partial charge in [0.1, 0.15) is 0 Å². The van der Waals surface area contributed by atoms with E-state index in [1.54, 1.807) is 6.33 Å². The summed E-state index contributed by atoms with van der Waals surface area (Å²) in [5, 5.41) is 6.68. The molecule has 0 bridgehead atoms. The summed E-state index contributed by atoms with van der Waals surface area (Å²) in [4.78, 5) is 7.31. The molecule has 1 heterocycles. The highest BCUT2D eigenvalue weighted by Gasteiger charge is 1.97. The first-order chi connectivity index (χ1) is 7.90. The van der Waals surface area contributed by atoms with Crippen molar-refractivity contribution in [2.45, 2.75) is 13.5 Å². The third-order valence-electron chi connectivity index (χ3n) is 2.54. The van der Waals surface area contributed by atoms with Gasteiger partial charge in [-0.25, -0.2) is 4.98 Å². The maximum Gasteiger partial charge on any atom is 0.0931 e. The van der Waals surface area contributed by atoms with E-state index in [9.17, 15) is 0 Å². The smallest absolute Gasteiger partial charge is 0.0931 e. The average Bonchev–Trinajstić information content (AvgIpc) is 2.76. The summed E-state index contributed by atoms with van der Waals surface area (Å²) in [6.07, 6.45) is 1.73. The molecule has 0 atom stereocenters. The lowest BCUT2D eigenvalue weighted by molar-refractivity contribution is 0.625. The van der Waals surface area contributed by atoms with Crippen LogP contribution >= 0.6 is 0 Å². The molecule has 0 amide bonds. The highest BCUT2D eigenvalue weighted by Crippen LogP contribution is 2.10. The van der Waals surface area contributed by atoms with E-state index < -0.39 is 0 Å². The maximum absolute atomic E-state index is 4.19. The molecule has 0 aliphatic heterocycles. The second kappa shape index (κ2) is 5.63. The number of likely N-dealkylation sites (N-methyl/N-ethyl adjacent to an activating group) is 1. The van der Waals surface area contributed by atoms with E-state index in [4.69, 9.17) is 0 Å². The van der Waals surface area contributed by atoms with Crippen molar-refractivity contribution in [3.8, 4) is 0 Å². The van der Waals surface area contributed by atoms with Gasteiger partial charge < -0.3 is 15.6 Å². The molecule has 0 fully saturated rings. The molecule has 86 valence electrons. The fraction of sp³-hybridized carbons (Fsp3) is 0.417. The van der Waals surface area contributed by atoms with Crippen molar-refractivity contribution in [3.63, 3.8) is 0 Å². The van der Waals surface area contributed by atoms with Gasteiger partial charge in [0, 0.05) is 19.6 Å². The Hall–Kier alpha value is -1.39. The monoisotopic (exact) mass is 218 g/mol. The van der Waals surface area contributed by atoms with Gasteiger partial charge in [0.05, 0.1) is 17.4 Å². The van der Waals surface area contributed by atoms with Crippen molar-refractivity contribution in [2.24, 2.45) is 0 Å². The minimum Gasteiger partial charge on any atom is -0.345 e. The van der Waals surface area contributed by atoms with Gasteiger partial charge in [-0.1, -0.05) is 13.0 Å². The molecule has 2 rings (SSSR count). The molecular weight excluding hydrogens is 200 g/mol. The molecule has 1 aromatic heterocycles. The Morgan fingerprint density at radius 3 is 3.00 bits per heavy atom. The molecule has 0 saturated heterocycles. The van der Waals surface area contributed by atoms with Crippen LogP contribution in [0.2, 0.25) is 0 Å². The highest BCUT2D eigenvalue weighted by atomic mass is 14.9. The Kier molecular flexibility index (Phi) is 3.91. The van der Waals surface area contributed by atoms with Gasteiger partial charge in [0.2, 0.25) is 0 Å². The predicted molar refractivity (Wildman–Crippen MR) is 66.3 cm³/mol. The van der Waals surface area contributed by atoms with Crippen LogP contribution in [0.15, 0.2) is 24.5 Å². The normalized spacial score (nSPS) is 11.1. The standard InChI is InChI=1S/C12H18N4/c1-2-13-5-6-14-8-10-3-4-11-12(7-10)16-9-15-11/h3-4,7,9,13-14H,2,5-6,8H2,1H3,(H,15,16). The first kappa shape index (κ1) is 11.1. The minimum absolute atomic E-state index is 0.903. The van der Waals surface area contributed by atoms with Gasteiger partial charge in [0.25, 0.3) is 0 Å². The number of hydrogen-bond acceptors (Lipinski definition) is 3. The largest absolute Gasteiger partial charge is 0.345 e. The van der Waals surface area contributed by atoms with Crippen molar-refractivity contribution in [1.29, 1.82) is 0 Å². The summed E-state index contributed by atoms with van der Waals surface area (Å²) < 4.78 is 0. The zero-order valence-electron chi connectivity index (χ0n) is 9.59. The zero-order chi connectivity index (χ0) is 11.2. The summed E-state index contributed by atoms with van der Waals surface area (Å²) in [5.74, 6) is 0. The van der Waals surface area contributed by atoms with Gasteiger partial charge in [-0.3, -0.25) is 0 Å². The third-order valence-corrected chi connectivity index (χ3v) is 2.54.